The van der Waals surface area contributed by atoms with Gasteiger partial charge in [-0.3, -0.25) is 15.0 Å². The van der Waals surface area contributed by atoms with E-state index < -0.39 is 5.66 Å². The third-order valence-electron chi connectivity index (χ3n) is 7.47. The highest BCUT2D eigenvalue weighted by atomic mass is 35.5. The number of carbonyl (C=O) groups is 2. The molecule has 2 aromatic rings. The predicted molar refractivity (Wildman–Crippen MR) is 162 cm³/mol. The zero-order valence-corrected chi connectivity index (χ0v) is 25.1. The van der Waals surface area contributed by atoms with Crippen LogP contribution in [0, 0.1) is 0 Å². The molecule has 1 aliphatic carbocycles. The Bertz CT molecular complexity index is 1270. The SMILES string of the molecule is CCCC(c1ccc(C=O)cc1)N1C(=O)C(c2cc(Cl)cc(Cl)c2)=NC12CCCCC2OC.CNCC1=NNNN1. The number of benzene rings is 2. The molecule has 1 fully saturated rings. The number of likely N-dealkylation sites (N-methyl/N-ethyl adjacent to an activating group) is 1. The summed E-state index contributed by atoms with van der Waals surface area (Å²) < 4.78 is 5.94. The molecule has 220 valence electrons. The number of rotatable bonds is 9. The minimum Gasteiger partial charge on any atom is -0.377 e. The van der Waals surface area contributed by atoms with E-state index in [1.54, 1.807) is 37.4 Å². The molecule has 1 amide bonds. The molecule has 0 radical (unpaired) electrons. The van der Waals surface area contributed by atoms with Crippen LogP contribution in [-0.4, -0.2) is 61.1 Å². The van der Waals surface area contributed by atoms with Crippen LogP contribution in [0.3, 0.4) is 0 Å². The second-order valence-corrected chi connectivity index (χ2v) is 11.1. The van der Waals surface area contributed by atoms with Crippen molar-refractivity contribution >= 4 is 46.9 Å². The van der Waals surface area contributed by atoms with E-state index in [4.69, 9.17) is 32.9 Å². The predicted octanol–water partition coefficient (Wildman–Crippen LogP) is 4.40. The first-order chi connectivity index (χ1) is 19.9. The number of nitrogens with zero attached hydrogens (tertiary/aromatic N) is 3. The molecular weight excluding hydrogens is 565 g/mol. The Kier molecular flexibility index (Phi) is 10.7. The molecule has 3 unspecified atom stereocenters. The summed E-state index contributed by atoms with van der Waals surface area (Å²) in [6, 6.07) is 12.4. The summed E-state index contributed by atoms with van der Waals surface area (Å²) in [6.07, 6.45) is 5.81. The van der Waals surface area contributed by atoms with E-state index in [2.05, 4.69) is 33.8 Å². The van der Waals surface area contributed by atoms with Crippen molar-refractivity contribution in [3.63, 3.8) is 0 Å². The molecule has 2 aromatic carbocycles. The molecular formula is C29H37Cl2N7O3. The molecule has 1 saturated carbocycles. The first-order valence-electron chi connectivity index (χ1n) is 13.8. The second-order valence-electron chi connectivity index (χ2n) is 10.2. The van der Waals surface area contributed by atoms with Crippen LogP contribution in [0.2, 0.25) is 10.0 Å². The van der Waals surface area contributed by atoms with Crippen LogP contribution < -0.4 is 21.8 Å². The monoisotopic (exact) mass is 601 g/mol. The van der Waals surface area contributed by atoms with Gasteiger partial charge in [0.05, 0.1) is 12.6 Å². The van der Waals surface area contributed by atoms with Crippen LogP contribution in [0.5, 0.6) is 0 Å². The fourth-order valence-corrected chi connectivity index (χ4v) is 6.21. The average molecular weight is 603 g/mol. The molecule has 0 bridgehead atoms. The molecule has 5 rings (SSSR count). The van der Waals surface area contributed by atoms with Crippen molar-refractivity contribution in [2.75, 3.05) is 20.7 Å². The summed E-state index contributed by atoms with van der Waals surface area (Å²) in [4.78, 5) is 32.3. The van der Waals surface area contributed by atoms with Crippen LogP contribution in [0.4, 0.5) is 0 Å². The molecule has 3 atom stereocenters. The summed E-state index contributed by atoms with van der Waals surface area (Å²) in [5, 5.41) is 7.66. The quantitative estimate of drug-likeness (QED) is 0.315. The van der Waals surface area contributed by atoms with Gasteiger partial charge in [0.1, 0.15) is 18.1 Å². The lowest BCUT2D eigenvalue weighted by molar-refractivity contribution is -0.143. The molecule has 41 heavy (non-hydrogen) atoms. The number of amidine groups is 1. The minimum absolute atomic E-state index is 0.143. The molecule has 0 aromatic heterocycles. The third-order valence-corrected chi connectivity index (χ3v) is 7.91. The van der Waals surface area contributed by atoms with Crippen LogP contribution in [0.1, 0.15) is 73.0 Å². The van der Waals surface area contributed by atoms with E-state index in [-0.39, 0.29) is 18.1 Å². The summed E-state index contributed by atoms with van der Waals surface area (Å²) in [5.74, 6) is 0.725. The van der Waals surface area contributed by atoms with Gasteiger partial charge in [-0.05, 0) is 56.5 Å². The van der Waals surface area contributed by atoms with E-state index >= 15 is 0 Å². The number of hydrogen-bond donors (Lipinski definition) is 4. The van der Waals surface area contributed by atoms with Crippen molar-refractivity contribution in [1.82, 2.24) is 26.7 Å². The number of methoxy groups -OCH3 is 1. The van der Waals surface area contributed by atoms with E-state index in [1.807, 2.05) is 24.1 Å². The van der Waals surface area contributed by atoms with E-state index in [0.717, 1.165) is 62.8 Å². The zero-order valence-electron chi connectivity index (χ0n) is 23.5. The number of hydrogen-bond acceptors (Lipinski definition) is 9. The summed E-state index contributed by atoms with van der Waals surface area (Å²) in [6.45, 7) is 2.85. The van der Waals surface area contributed by atoms with E-state index in [0.29, 0.717) is 26.9 Å². The van der Waals surface area contributed by atoms with Gasteiger partial charge in [-0.25, -0.2) is 10.5 Å². The lowest BCUT2D eigenvalue weighted by Crippen LogP contribution is -2.57. The number of aliphatic imine (C=N–C) groups is 1. The van der Waals surface area contributed by atoms with Crippen molar-refractivity contribution < 1.29 is 14.3 Å². The summed E-state index contributed by atoms with van der Waals surface area (Å²) in [7, 11) is 3.56. The molecule has 4 N–H and O–H groups in total. The molecule has 0 saturated heterocycles. The van der Waals surface area contributed by atoms with Crippen molar-refractivity contribution in [2.24, 2.45) is 10.1 Å². The Labute approximate surface area is 250 Å². The standard InChI is InChI=1S/C26H28Cl2N2O3.C3H9N5/c1-3-6-22(18-10-8-17(16-31)9-11-18)30-25(32)24(19-13-20(27)15-21(28)14-19)29-26(30)12-5-4-7-23(26)33-2;1-4-2-3-5-7-8-6-3/h8-11,13-16,22-23H,3-7,12H2,1-2H3;4,7-8H,2H2,1H3,(H,5,6). The van der Waals surface area contributed by atoms with Gasteiger partial charge < -0.3 is 15.0 Å². The smallest absolute Gasteiger partial charge is 0.275 e. The Hall–Kier alpha value is -3.02. The fraction of sp³-hybridized carbons (Fsp3) is 0.448. The number of carbonyl (C=O) groups excluding carboxylic acids is 2. The number of amides is 1. The van der Waals surface area contributed by atoms with E-state index in [1.165, 1.54) is 0 Å². The third kappa shape index (κ3) is 6.90. The Morgan fingerprint density at radius 1 is 1.20 bits per heavy atom. The Balaban J connectivity index is 0.000000417. The largest absolute Gasteiger partial charge is 0.377 e. The molecule has 3 aliphatic rings. The summed E-state index contributed by atoms with van der Waals surface area (Å²) >= 11 is 12.5. The normalized spacial score (nSPS) is 22.3. The van der Waals surface area contributed by atoms with Gasteiger partial charge in [0.25, 0.3) is 5.91 Å². The van der Waals surface area contributed by atoms with Crippen LogP contribution in [0.15, 0.2) is 52.6 Å². The number of hydrazone groups is 1. The number of hydrazine groups is 2. The highest BCUT2D eigenvalue weighted by molar-refractivity contribution is 6.48. The molecule has 2 aliphatic heterocycles. The minimum atomic E-state index is -0.794. The maximum absolute atomic E-state index is 14.1. The number of nitrogens with one attached hydrogen (secondary N) is 4. The Morgan fingerprint density at radius 2 is 1.93 bits per heavy atom. The molecule has 10 nitrogen and oxygen atoms in total. The van der Waals surface area contributed by atoms with Gasteiger partial charge in [0, 0.05) is 28.3 Å². The average Bonchev–Trinajstić information content (AvgIpc) is 3.58. The lowest BCUT2D eigenvalue weighted by Gasteiger charge is -2.47. The second kappa shape index (κ2) is 14.2. The topological polar surface area (TPSA) is 119 Å². The van der Waals surface area contributed by atoms with Gasteiger partial charge in [-0.15, -0.1) is 10.6 Å². The van der Waals surface area contributed by atoms with Crippen molar-refractivity contribution in [3.05, 3.63) is 69.2 Å². The van der Waals surface area contributed by atoms with Crippen LogP contribution in [0.25, 0.3) is 0 Å². The maximum atomic E-state index is 14.1. The van der Waals surface area contributed by atoms with Crippen LogP contribution in [-0.2, 0) is 9.53 Å². The van der Waals surface area contributed by atoms with Gasteiger partial charge in [0.2, 0.25) is 0 Å². The van der Waals surface area contributed by atoms with Gasteiger partial charge in [0.15, 0.2) is 11.5 Å². The summed E-state index contributed by atoms with van der Waals surface area (Å²) in [5.41, 5.74) is 9.72. The number of aldehydes is 1. The Morgan fingerprint density at radius 3 is 2.51 bits per heavy atom. The highest BCUT2D eigenvalue weighted by Crippen LogP contribution is 2.46. The fourth-order valence-electron chi connectivity index (χ4n) is 5.68. The zero-order chi connectivity index (χ0) is 29.4. The first kappa shape index (κ1) is 30.9. The van der Waals surface area contributed by atoms with Crippen molar-refractivity contribution in [3.8, 4) is 0 Å². The molecule has 1 spiro atoms. The lowest BCUT2D eigenvalue weighted by atomic mass is 9.83. The highest BCUT2D eigenvalue weighted by Gasteiger charge is 2.55. The van der Waals surface area contributed by atoms with Crippen molar-refractivity contribution in [2.45, 2.75) is 63.3 Å². The number of halogens is 2. The maximum Gasteiger partial charge on any atom is 0.275 e. The van der Waals surface area contributed by atoms with Gasteiger partial charge in [-0.2, -0.15) is 0 Å². The van der Waals surface area contributed by atoms with Crippen LogP contribution >= 0.6 is 23.2 Å². The van der Waals surface area contributed by atoms with Gasteiger partial charge >= 0.3 is 0 Å². The van der Waals surface area contributed by atoms with Crippen molar-refractivity contribution in [1.29, 1.82) is 0 Å². The van der Waals surface area contributed by atoms with E-state index in [9.17, 15) is 9.59 Å². The molecule has 12 heteroatoms. The number of ether oxygens (including phenoxy) is 1. The molecule has 2 heterocycles. The van der Waals surface area contributed by atoms with Gasteiger partial charge in [-0.1, -0.05) is 67.2 Å². The first-order valence-corrected chi connectivity index (χ1v) is 14.6.